The van der Waals surface area contributed by atoms with E-state index in [9.17, 15) is 0 Å². The van der Waals surface area contributed by atoms with Crippen LogP contribution in [-0.2, 0) is 16.9 Å². The molecule has 108 valence electrons. The average Bonchev–Trinajstić information content (AvgIpc) is 2.77. The monoisotopic (exact) mass is 282 g/mol. The van der Waals surface area contributed by atoms with Crippen LogP contribution >= 0.6 is 11.3 Å². The minimum atomic E-state index is -0.107. The number of rotatable bonds is 6. The van der Waals surface area contributed by atoms with Crippen molar-refractivity contribution in [2.45, 2.75) is 64.0 Å². The highest BCUT2D eigenvalue weighted by Crippen LogP contribution is 2.40. The first kappa shape index (κ1) is 14.9. The van der Waals surface area contributed by atoms with Gasteiger partial charge >= 0.3 is 0 Å². The summed E-state index contributed by atoms with van der Waals surface area (Å²) in [6.07, 6.45) is 10.6. The van der Waals surface area contributed by atoms with Gasteiger partial charge in [0.05, 0.1) is 0 Å². The van der Waals surface area contributed by atoms with Crippen LogP contribution in [0.3, 0.4) is 0 Å². The lowest BCUT2D eigenvalue weighted by Gasteiger charge is -2.29. The summed E-state index contributed by atoms with van der Waals surface area (Å²) in [4.78, 5) is 5.98. The SMILES string of the molecule is CCCNCc1cnc(C2(OC)CCCCCC2)s1. The highest BCUT2D eigenvalue weighted by atomic mass is 32.1. The minimum absolute atomic E-state index is 0.107. The normalized spacial score (nSPS) is 19.3. The lowest BCUT2D eigenvalue weighted by Crippen LogP contribution is -2.27. The molecule has 1 N–H and O–H groups in total. The van der Waals surface area contributed by atoms with Crippen LogP contribution in [-0.4, -0.2) is 18.6 Å². The van der Waals surface area contributed by atoms with Gasteiger partial charge in [-0.2, -0.15) is 0 Å². The molecule has 0 spiro atoms. The van der Waals surface area contributed by atoms with Crippen molar-refractivity contribution in [2.24, 2.45) is 0 Å². The maximum Gasteiger partial charge on any atom is 0.125 e. The first-order valence-electron chi connectivity index (χ1n) is 7.52. The largest absolute Gasteiger partial charge is 0.371 e. The van der Waals surface area contributed by atoms with Gasteiger partial charge in [0.15, 0.2) is 0 Å². The fourth-order valence-electron chi connectivity index (χ4n) is 2.79. The van der Waals surface area contributed by atoms with Crippen LogP contribution in [0, 0.1) is 0 Å². The first-order chi connectivity index (χ1) is 9.30. The highest BCUT2D eigenvalue weighted by molar-refractivity contribution is 7.11. The molecule has 1 aliphatic rings. The number of thiazole rings is 1. The number of aromatic nitrogens is 1. The molecule has 1 heterocycles. The van der Waals surface area contributed by atoms with Crippen molar-refractivity contribution in [1.82, 2.24) is 10.3 Å². The Morgan fingerprint density at radius 1 is 1.32 bits per heavy atom. The molecule has 1 saturated carbocycles. The predicted molar refractivity (Wildman–Crippen MR) is 80.5 cm³/mol. The molecule has 0 aromatic carbocycles. The lowest BCUT2D eigenvalue weighted by molar-refractivity contribution is -0.0279. The third kappa shape index (κ3) is 3.77. The Hall–Kier alpha value is -0.450. The molecule has 0 radical (unpaired) electrons. The second-order valence-corrected chi connectivity index (χ2v) is 6.54. The van der Waals surface area contributed by atoms with E-state index < -0.39 is 0 Å². The molecule has 0 amide bonds. The van der Waals surface area contributed by atoms with E-state index in [1.807, 2.05) is 24.6 Å². The third-order valence-corrected chi connectivity index (χ3v) is 5.15. The van der Waals surface area contributed by atoms with Crippen LogP contribution in [0.25, 0.3) is 0 Å². The Labute approximate surface area is 120 Å². The van der Waals surface area contributed by atoms with Crippen molar-refractivity contribution in [2.75, 3.05) is 13.7 Å². The number of hydrogen-bond donors (Lipinski definition) is 1. The topological polar surface area (TPSA) is 34.2 Å². The molecule has 1 aliphatic carbocycles. The second-order valence-electron chi connectivity index (χ2n) is 5.42. The number of nitrogens with zero attached hydrogens (tertiary/aromatic N) is 1. The summed E-state index contributed by atoms with van der Waals surface area (Å²) in [5.74, 6) is 0. The van der Waals surface area contributed by atoms with Crippen LogP contribution in [0.15, 0.2) is 6.20 Å². The van der Waals surface area contributed by atoms with Crippen molar-refractivity contribution in [3.05, 3.63) is 16.1 Å². The van der Waals surface area contributed by atoms with Gasteiger partial charge in [-0.1, -0.05) is 32.6 Å². The standard InChI is InChI=1S/C15H26N2OS/c1-3-10-16-11-13-12-17-14(19-13)15(18-2)8-6-4-5-7-9-15/h12,16H,3-11H2,1-2H3. The number of methoxy groups -OCH3 is 1. The van der Waals surface area contributed by atoms with Crippen molar-refractivity contribution in [3.8, 4) is 0 Å². The van der Waals surface area contributed by atoms with Crippen LogP contribution in [0.2, 0.25) is 0 Å². The Morgan fingerprint density at radius 2 is 2.05 bits per heavy atom. The van der Waals surface area contributed by atoms with Gasteiger partial charge in [0.25, 0.3) is 0 Å². The zero-order chi connectivity index (χ0) is 13.6. The number of hydrogen-bond acceptors (Lipinski definition) is 4. The van der Waals surface area contributed by atoms with E-state index in [0.29, 0.717) is 0 Å². The van der Waals surface area contributed by atoms with E-state index in [-0.39, 0.29) is 5.60 Å². The molecule has 19 heavy (non-hydrogen) atoms. The Balaban J connectivity index is 2.05. The Bertz CT molecular complexity index is 370. The summed E-state index contributed by atoms with van der Waals surface area (Å²) < 4.78 is 5.91. The van der Waals surface area contributed by atoms with Crippen molar-refractivity contribution < 1.29 is 4.74 Å². The van der Waals surface area contributed by atoms with Crippen LogP contribution in [0.1, 0.15) is 61.8 Å². The molecular weight excluding hydrogens is 256 g/mol. The van der Waals surface area contributed by atoms with Crippen LogP contribution < -0.4 is 5.32 Å². The molecule has 0 unspecified atom stereocenters. The zero-order valence-electron chi connectivity index (χ0n) is 12.2. The highest BCUT2D eigenvalue weighted by Gasteiger charge is 2.35. The summed E-state index contributed by atoms with van der Waals surface area (Å²) >= 11 is 1.82. The lowest BCUT2D eigenvalue weighted by atomic mass is 9.95. The van der Waals surface area contributed by atoms with E-state index in [0.717, 1.165) is 25.9 Å². The summed E-state index contributed by atoms with van der Waals surface area (Å²) in [5, 5.41) is 4.63. The molecule has 3 nitrogen and oxygen atoms in total. The zero-order valence-corrected chi connectivity index (χ0v) is 13.0. The van der Waals surface area contributed by atoms with E-state index in [2.05, 4.69) is 17.2 Å². The molecule has 0 aliphatic heterocycles. The average molecular weight is 282 g/mol. The van der Waals surface area contributed by atoms with E-state index >= 15 is 0 Å². The fourth-order valence-corrected chi connectivity index (χ4v) is 3.90. The third-order valence-electron chi connectivity index (χ3n) is 3.97. The van der Waals surface area contributed by atoms with Crippen LogP contribution in [0.4, 0.5) is 0 Å². The maximum absolute atomic E-state index is 5.91. The quantitative estimate of drug-likeness (QED) is 0.636. The fraction of sp³-hybridized carbons (Fsp3) is 0.800. The van der Waals surface area contributed by atoms with Gasteiger partial charge in [0.1, 0.15) is 10.6 Å². The molecule has 1 aromatic rings. The maximum atomic E-state index is 5.91. The first-order valence-corrected chi connectivity index (χ1v) is 8.33. The molecule has 0 saturated heterocycles. The van der Waals surface area contributed by atoms with E-state index in [1.54, 1.807) is 0 Å². The van der Waals surface area contributed by atoms with Gasteiger partial charge in [-0.3, -0.25) is 0 Å². The van der Waals surface area contributed by atoms with Gasteiger partial charge in [0.2, 0.25) is 0 Å². The number of nitrogens with one attached hydrogen (secondary N) is 1. The van der Waals surface area contributed by atoms with Gasteiger partial charge < -0.3 is 10.1 Å². The molecule has 0 bridgehead atoms. The summed E-state index contributed by atoms with van der Waals surface area (Å²) in [6.45, 7) is 4.20. The predicted octanol–water partition coefficient (Wildman–Crippen LogP) is 3.84. The molecule has 1 fully saturated rings. The Kier molecular flexibility index (Phi) is 5.79. The van der Waals surface area contributed by atoms with Crippen LogP contribution in [0.5, 0.6) is 0 Å². The van der Waals surface area contributed by atoms with Crippen molar-refractivity contribution in [1.29, 1.82) is 0 Å². The number of ether oxygens (including phenoxy) is 1. The molecule has 0 atom stereocenters. The van der Waals surface area contributed by atoms with Gasteiger partial charge in [-0.15, -0.1) is 11.3 Å². The molecule has 1 aromatic heterocycles. The van der Waals surface area contributed by atoms with Crippen molar-refractivity contribution in [3.63, 3.8) is 0 Å². The van der Waals surface area contributed by atoms with Gasteiger partial charge in [-0.25, -0.2) is 4.98 Å². The minimum Gasteiger partial charge on any atom is -0.371 e. The Morgan fingerprint density at radius 3 is 2.68 bits per heavy atom. The van der Waals surface area contributed by atoms with Crippen molar-refractivity contribution >= 4 is 11.3 Å². The smallest absolute Gasteiger partial charge is 0.125 e. The summed E-state index contributed by atoms with van der Waals surface area (Å²) in [7, 11) is 1.85. The van der Waals surface area contributed by atoms with E-state index in [1.165, 1.54) is 42.0 Å². The summed E-state index contributed by atoms with van der Waals surface area (Å²) in [5.41, 5.74) is -0.107. The molecule has 4 heteroatoms. The molecular formula is C15H26N2OS. The second kappa shape index (κ2) is 7.36. The van der Waals surface area contributed by atoms with Gasteiger partial charge in [0, 0.05) is 24.7 Å². The van der Waals surface area contributed by atoms with Gasteiger partial charge in [-0.05, 0) is 25.8 Å². The summed E-state index contributed by atoms with van der Waals surface area (Å²) in [6, 6.07) is 0. The van der Waals surface area contributed by atoms with E-state index in [4.69, 9.17) is 4.74 Å². The molecule has 2 rings (SSSR count).